The largest absolute Gasteiger partial charge is 0.306 e. The van der Waals surface area contributed by atoms with Gasteiger partial charge in [0.05, 0.1) is 3.58 Å². The van der Waals surface area contributed by atoms with Crippen molar-refractivity contribution < 1.29 is 8.78 Å². The Morgan fingerprint density at radius 1 is 1.15 bits per heavy atom. The molecule has 0 aromatic heterocycles. The highest BCUT2D eigenvalue weighted by molar-refractivity contribution is 14.1. The van der Waals surface area contributed by atoms with Crippen molar-refractivity contribution in [2.24, 2.45) is 0 Å². The third kappa shape index (κ3) is 1.54. The van der Waals surface area contributed by atoms with Crippen LogP contribution >= 0.6 is 38.5 Å². The van der Waals surface area contributed by atoms with Crippen molar-refractivity contribution in [3.63, 3.8) is 0 Å². The molecular weight excluding hydrogens is 353 g/mol. The van der Waals surface area contributed by atoms with Crippen LogP contribution in [0.25, 0.3) is 5.57 Å². The Kier molecular flexibility index (Phi) is 2.22. The van der Waals surface area contributed by atoms with Crippen LogP contribution in [0.15, 0.2) is 32.3 Å². The summed E-state index contributed by atoms with van der Waals surface area (Å²) in [5.41, 5.74) is 0.776. The molecule has 1 aromatic rings. The molecule has 0 saturated heterocycles. The van der Waals surface area contributed by atoms with E-state index >= 15 is 0 Å². The number of allylic oxidation sites excluding steroid dienone is 2. The lowest BCUT2D eigenvalue weighted by molar-refractivity contribution is 0.158. The minimum Gasteiger partial charge on any atom is -0.195 e. The fourth-order valence-corrected chi connectivity index (χ4v) is 2.18. The van der Waals surface area contributed by atoms with Crippen molar-refractivity contribution in [2.75, 3.05) is 0 Å². The molecule has 0 N–H and O–H groups in total. The van der Waals surface area contributed by atoms with E-state index in [1.807, 2.05) is 0 Å². The van der Waals surface area contributed by atoms with Gasteiger partial charge < -0.3 is 0 Å². The summed E-state index contributed by atoms with van der Waals surface area (Å²) in [5.74, 6) is -2.67. The maximum absolute atomic E-state index is 12.9. The van der Waals surface area contributed by atoms with Gasteiger partial charge in [-0.3, -0.25) is 0 Å². The summed E-state index contributed by atoms with van der Waals surface area (Å²) in [6.45, 7) is 0. The maximum Gasteiger partial charge on any atom is 0.306 e. The van der Waals surface area contributed by atoms with E-state index in [4.69, 9.17) is 0 Å². The Labute approximate surface area is 96.3 Å². The van der Waals surface area contributed by atoms with Gasteiger partial charge in [0.2, 0.25) is 0 Å². The lowest BCUT2D eigenvalue weighted by Crippen LogP contribution is -1.94. The molecule has 0 radical (unpaired) electrons. The summed E-state index contributed by atoms with van der Waals surface area (Å²) in [4.78, 5) is 0. The number of halogens is 4. The number of benzene rings is 1. The molecule has 1 aliphatic carbocycles. The highest BCUT2D eigenvalue weighted by Crippen LogP contribution is 2.58. The van der Waals surface area contributed by atoms with Crippen molar-refractivity contribution in [1.29, 1.82) is 0 Å². The van der Waals surface area contributed by atoms with Crippen LogP contribution in [0.4, 0.5) is 8.78 Å². The monoisotopic (exact) mass is 356 g/mol. The van der Waals surface area contributed by atoms with Gasteiger partial charge in [-0.05, 0) is 40.3 Å². The molecule has 0 spiro atoms. The molecule has 1 aromatic carbocycles. The van der Waals surface area contributed by atoms with E-state index < -0.39 is 5.92 Å². The minimum atomic E-state index is -2.67. The fourth-order valence-electron chi connectivity index (χ4n) is 1.13. The summed E-state index contributed by atoms with van der Waals surface area (Å²) in [6, 6.07) is 6.92. The predicted molar refractivity (Wildman–Crippen MR) is 60.0 cm³/mol. The SMILES string of the molecule is FC1(F)C(I)=C1c1ccc(Br)cc1. The van der Waals surface area contributed by atoms with E-state index in [1.54, 1.807) is 46.9 Å². The van der Waals surface area contributed by atoms with Crippen LogP contribution in [0, 0.1) is 0 Å². The number of rotatable bonds is 1. The average molecular weight is 357 g/mol. The summed E-state index contributed by atoms with van der Waals surface area (Å²) in [6.07, 6.45) is 0. The summed E-state index contributed by atoms with van der Waals surface area (Å²) in [5, 5.41) is 0. The molecule has 4 heteroatoms. The number of hydrogen-bond acceptors (Lipinski definition) is 0. The minimum absolute atomic E-state index is 0.160. The predicted octanol–water partition coefficient (Wildman–Crippen LogP) is 4.24. The molecule has 0 amide bonds. The first-order valence-corrected chi connectivity index (χ1v) is 5.45. The molecule has 0 unspecified atom stereocenters. The quantitative estimate of drug-likeness (QED) is 0.660. The van der Waals surface area contributed by atoms with E-state index in [-0.39, 0.29) is 9.15 Å². The molecule has 0 bridgehead atoms. The van der Waals surface area contributed by atoms with Crippen LogP contribution in [0.3, 0.4) is 0 Å². The molecule has 1 aliphatic rings. The van der Waals surface area contributed by atoms with Crippen LogP contribution < -0.4 is 0 Å². The van der Waals surface area contributed by atoms with Gasteiger partial charge in [-0.2, -0.15) is 8.78 Å². The highest BCUT2D eigenvalue weighted by atomic mass is 127. The van der Waals surface area contributed by atoms with E-state index in [0.29, 0.717) is 5.56 Å². The first-order chi connectivity index (χ1) is 6.03. The molecule has 13 heavy (non-hydrogen) atoms. The molecule has 0 aliphatic heterocycles. The van der Waals surface area contributed by atoms with E-state index in [0.717, 1.165) is 4.47 Å². The molecule has 68 valence electrons. The summed E-state index contributed by atoms with van der Waals surface area (Å²) < 4.78 is 26.8. The van der Waals surface area contributed by atoms with Crippen LogP contribution in [0.2, 0.25) is 0 Å². The standard InChI is InChI=1S/C9H4BrF2I/c10-6-3-1-5(2-4-6)7-8(13)9(7,11)12/h1-4H. The topological polar surface area (TPSA) is 0 Å². The van der Waals surface area contributed by atoms with Crippen molar-refractivity contribution in [3.8, 4) is 0 Å². The third-order valence-corrected chi connectivity index (χ3v) is 3.62. The normalized spacial score (nSPS) is 19.1. The van der Waals surface area contributed by atoms with Gasteiger partial charge in [0.1, 0.15) is 0 Å². The first-order valence-electron chi connectivity index (χ1n) is 3.58. The van der Waals surface area contributed by atoms with E-state index in [2.05, 4.69) is 15.9 Å². The number of alkyl halides is 2. The molecule has 0 saturated carbocycles. The lowest BCUT2D eigenvalue weighted by atomic mass is 10.2. The average Bonchev–Trinajstić information content (AvgIpc) is 2.55. The van der Waals surface area contributed by atoms with Crippen LogP contribution in [0.1, 0.15) is 5.56 Å². The third-order valence-electron chi connectivity index (χ3n) is 1.88. The number of hydrogen-bond donors (Lipinski definition) is 0. The van der Waals surface area contributed by atoms with Gasteiger partial charge in [0.25, 0.3) is 0 Å². The Bertz CT molecular complexity index is 381. The Balaban J connectivity index is 2.35. The molecule has 0 atom stereocenters. The second-order valence-corrected chi connectivity index (χ2v) is 4.76. The van der Waals surface area contributed by atoms with Crippen LogP contribution in [-0.4, -0.2) is 5.92 Å². The first kappa shape index (κ1) is 9.58. The molecule has 0 nitrogen and oxygen atoms in total. The molecule has 0 fully saturated rings. The lowest BCUT2D eigenvalue weighted by Gasteiger charge is -1.97. The zero-order valence-corrected chi connectivity index (χ0v) is 10.1. The fraction of sp³-hybridized carbons (Fsp3) is 0.111. The van der Waals surface area contributed by atoms with Gasteiger partial charge >= 0.3 is 5.92 Å². The molecule has 2 rings (SSSR count). The van der Waals surface area contributed by atoms with Gasteiger partial charge in [-0.25, -0.2) is 0 Å². The second-order valence-electron chi connectivity index (χ2n) is 2.77. The Morgan fingerprint density at radius 3 is 2.00 bits per heavy atom. The maximum atomic E-state index is 12.9. The van der Waals surface area contributed by atoms with E-state index in [1.165, 1.54) is 0 Å². The molecular formula is C9H4BrF2I. The summed E-state index contributed by atoms with van der Waals surface area (Å²) >= 11 is 4.94. The van der Waals surface area contributed by atoms with Crippen LogP contribution in [-0.2, 0) is 0 Å². The van der Waals surface area contributed by atoms with Crippen molar-refractivity contribution in [2.45, 2.75) is 5.92 Å². The zero-order valence-electron chi connectivity index (χ0n) is 6.32. The highest BCUT2D eigenvalue weighted by Gasteiger charge is 2.55. The smallest absolute Gasteiger partial charge is 0.195 e. The summed E-state index contributed by atoms with van der Waals surface area (Å²) in [7, 11) is 0. The van der Waals surface area contributed by atoms with Crippen LogP contribution in [0.5, 0.6) is 0 Å². The van der Waals surface area contributed by atoms with Crippen molar-refractivity contribution in [3.05, 3.63) is 37.9 Å². The van der Waals surface area contributed by atoms with Gasteiger partial charge in [-0.15, -0.1) is 0 Å². The Morgan fingerprint density at radius 2 is 1.62 bits per heavy atom. The van der Waals surface area contributed by atoms with Crippen molar-refractivity contribution >= 4 is 44.1 Å². The van der Waals surface area contributed by atoms with Gasteiger partial charge in [0.15, 0.2) is 0 Å². The molecule has 0 heterocycles. The van der Waals surface area contributed by atoms with Crippen molar-refractivity contribution in [1.82, 2.24) is 0 Å². The van der Waals surface area contributed by atoms with Gasteiger partial charge in [0, 0.05) is 10.0 Å². The van der Waals surface area contributed by atoms with Gasteiger partial charge in [-0.1, -0.05) is 28.1 Å². The Hall–Kier alpha value is 0.0300. The second kappa shape index (κ2) is 3.02. The van der Waals surface area contributed by atoms with E-state index in [9.17, 15) is 8.78 Å². The zero-order chi connectivity index (χ0) is 9.64.